The van der Waals surface area contributed by atoms with Crippen molar-refractivity contribution in [3.8, 4) is 0 Å². The minimum atomic E-state index is -0.290. The van der Waals surface area contributed by atoms with E-state index in [0.717, 1.165) is 19.4 Å². The first kappa shape index (κ1) is 19.1. The van der Waals surface area contributed by atoms with Crippen LogP contribution in [0.25, 0.3) is 0 Å². The summed E-state index contributed by atoms with van der Waals surface area (Å²) in [4.78, 5) is 29.6. The predicted molar refractivity (Wildman–Crippen MR) is 103 cm³/mol. The Labute approximate surface area is 161 Å². The van der Waals surface area contributed by atoms with Gasteiger partial charge in [-0.15, -0.1) is 0 Å². The highest BCUT2D eigenvalue weighted by Gasteiger charge is 2.47. The molecule has 0 aromatic carbocycles. The third kappa shape index (κ3) is 3.72. The molecule has 3 heterocycles. The van der Waals surface area contributed by atoms with Gasteiger partial charge in [-0.1, -0.05) is 12.8 Å². The molecule has 8 nitrogen and oxygen atoms in total. The monoisotopic (exact) mass is 378 g/mol. The van der Waals surface area contributed by atoms with E-state index < -0.39 is 0 Å². The summed E-state index contributed by atoms with van der Waals surface area (Å²) in [6, 6.07) is 0.444. The number of rotatable bonds is 4. The third-order valence-corrected chi connectivity index (χ3v) is 7.09. The fraction of sp³-hybridized carbons (Fsp3) is 0.895. The third-order valence-electron chi connectivity index (χ3n) is 7.09. The number of likely N-dealkylation sites (tertiary alicyclic amines) is 1. The summed E-state index contributed by atoms with van der Waals surface area (Å²) in [5.41, 5.74) is 12.0. The van der Waals surface area contributed by atoms with Crippen LogP contribution in [0, 0.1) is 11.8 Å². The SMILES string of the molecule is CN(CCN)C(=O)C1NNC2CCN(C(=O)C3CC4CCCCC4N3)CC21. The number of nitrogens with zero attached hydrogens (tertiary/aromatic N) is 2. The van der Waals surface area contributed by atoms with Crippen LogP contribution < -0.4 is 21.9 Å². The molecule has 1 saturated carbocycles. The number of amides is 2. The molecule has 4 aliphatic rings. The molecule has 6 atom stereocenters. The van der Waals surface area contributed by atoms with Gasteiger partial charge in [0.15, 0.2) is 0 Å². The lowest BCUT2D eigenvalue weighted by molar-refractivity contribution is -0.138. The molecular formula is C19H34N6O2. The lowest BCUT2D eigenvalue weighted by Gasteiger charge is -2.37. The van der Waals surface area contributed by atoms with E-state index in [9.17, 15) is 9.59 Å². The first-order valence-electron chi connectivity index (χ1n) is 10.6. The molecule has 0 spiro atoms. The molecule has 1 aliphatic carbocycles. The van der Waals surface area contributed by atoms with Crippen molar-refractivity contribution in [2.24, 2.45) is 17.6 Å². The van der Waals surface area contributed by atoms with Gasteiger partial charge < -0.3 is 20.9 Å². The molecule has 27 heavy (non-hydrogen) atoms. The van der Waals surface area contributed by atoms with Crippen LogP contribution in [-0.4, -0.2) is 79.0 Å². The van der Waals surface area contributed by atoms with E-state index >= 15 is 0 Å². The number of carbonyl (C=O) groups is 2. The Balaban J connectivity index is 1.38. The number of carbonyl (C=O) groups excluding carboxylic acids is 2. The maximum Gasteiger partial charge on any atom is 0.241 e. The molecule has 0 bridgehead atoms. The van der Waals surface area contributed by atoms with Crippen LogP contribution in [0.15, 0.2) is 0 Å². The van der Waals surface area contributed by atoms with Crippen molar-refractivity contribution in [1.82, 2.24) is 26.0 Å². The molecule has 6 unspecified atom stereocenters. The molecule has 3 saturated heterocycles. The molecule has 4 rings (SSSR count). The number of nitrogens with one attached hydrogen (secondary N) is 3. The molecule has 0 aromatic heterocycles. The standard InChI is InChI=1S/C19H34N6O2/c1-24(9-7-20)19(27)17-13-11-25(8-6-15(13)22-23-17)18(26)16-10-12-4-2-3-5-14(12)21-16/h12-17,21-23H,2-11,20H2,1H3. The van der Waals surface area contributed by atoms with Gasteiger partial charge in [0.05, 0.1) is 6.04 Å². The van der Waals surface area contributed by atoms with Gasteiger partial charge >= 0.3 is 0 Å². The van der Waals surface area contributed by atoms with Gasteiger partial charge in [0.25, 0.3) is 0 Å². The molecule has 2 amide bonds. The fourth-order valence-corrected chi connectivity index (χ4v) is 5.52. The van der Waals surface area contributed by atoms with E-state index in [1.54, 1.807) is 11.9 Å². The molecule has 8 heteroatoms. The molecule has 5 N–H and O–H groups in total. The topological polar surface area (TPSA) is 103 Å². The van der Waals surface area contributed by atoms with Crippen molar-refractivity contribution in [3.63, 3.8) is 0 Å². The van der Waals surface area contributed by atoms with E-state index in [1.807, 2.05) is 4.90 Å². The average molecular weight is 379 g/mol. The predicted octanol–water partition coefficient (Wildman–Crippen LogP) is -0.982. The Morgan fingerprint density at radius 1 is 1.15 bits per heavy atom. The smallest absolute Gasteiger partial charge is 0.241 e. The summed E-state index contributed by atoms with van der Waals surface area (Å²) in [6.45, 7) is 2.41. The lowest BCUT2D eigenvalue weighted by Crippen LogP contribution is -2.55. The maximum absolute atomic E-state index is 13.2. The molecule has 0 radical (unpaired) electrons. The molecule has 3 aliphatic heterocycles. The zero-order valence-electron chi connectivity index (χ0n) is 16.3. The summed E-state index contributed by atoms with van der Waals surface area (Å²) in [7, 11) is 1.79. The minimum Gasteiger partial charge on any atom is -0.343 e. The molecule has 152 valence electrons. The highest BCUT2D eigenvalue weighted by Crippen LogP contribution is 2.34. The van der Waals surface area contributed by atoms with Crippen LogP contribution in [0.3, 0.4) is 0 Å². The van der Waals surface area contributed by atoms with E-state index in [1.165, 1.54) is 25.7 Å². The van der Waals surface area contributed by atoms with Gasteiger partial charge in [-0.05, 0) is 31.6 Å². The summed E-state index contributed by atoms with van der Waals surface area (Å²) < 4.78 is 0. The minimum absolute atomic E-state index is 0.0361. The van der Waals surface area contributed by atoms with Crippen molar-refractivity contribution in [3.05, 3.63) is 0 Å². The Morgan fingerprint density at radius 3 is 2.74 bits per heavy atom. The number of hydrogen-bond acceptors (Lipinski definition) is 6. The number of hydrogen-bond donors (Lipinski definition) is 4. The summed E-state index contributed by atoms with van der Waals surface area (Å²) >= 11 is 0. The van der Waals surface area contributed by atoms with Gasteiger partial charge in [-0.2, -0.15) is 0 Å². The highest BCUT2D eigenvalue weighted by atomic mass is 16.2. The lowest BCUT2D eigenvalue weighted by atomic mass is 9.84. The normalized spacial score (nSPS) is 38.4. The van der Waals surface area contributed by atoms with Gasteiger partial charge in [-0.25, -0.2) is 5.43 Å². The zero-order valence-corrected chi connectivity index (χ0v) is 16.3. The van der Waals surface area contributed by atoms with Gasteiger partial charge in [0, 0.05) is 51.2 Å². The number of hydrazine groups is 1. The van der Waals surface area contributed by atoms with Crippen LogP contribution in [0.4, 0.5) is 0 Å². The molecule has 0 aromatic rings. The van der Waals surface area contributed by atoms with Crippen LogP contribution in [0.1, 0.15) is 38.5 Å². The Hall–Kier alpha value is -1.22. The average Bonchev–Trinajstić information content (AvgIpc) is 3.30. The second kappa shape index (κ2) is 8.03. The van der Waals surface area contributed by atoms with Gasteiger partial charge in [-0.3, -0.25) is 15.0 Å². The van der Waals surface area contributed by atoms with Crippen molar-refractivity contribution in [2.45, 2.75) is 62.7 Å². The molecule has 4 fully saturated rings. The van der Waals surface area contributed by atoms with E-state index in [2.05, 4.69) is 16.2 Å². The Morgan fingerprint density at radius 2 is 1.96 bits per heavy atom. The van der Waals surface area contributed by atoms with Crippen LogP contribution in [-0.2, 0) is 9.59 Å². The van der Waals surface area contributed by atoms with E-state index in [-0.39, 0.29) is 35.9 Å². The summed E-state index contributed by atoms with van der Waals surface area (Å²) in [5, 5.41) is 3.61. The van der Waals surface area contributed by atoms with Crippen LogP contribution in [0.5, 0.6) is 0 Å². The van der Waals surface area contributed by atoms with Crippen LogP contribution >= 0.6 is 0 Å². The first-order valence-corrected chi connectivity index (χ1v) is 10.6. The number of fused-ring (bicyclic) bond motifs is 2. The number of nitrogens with two attached hydrogens (primary N) is 1. The van der Waals surface area contributed by atoms with E-state index in [4.69, 9.17) is 5.73 Å². The highest BCUT2D eigenvalue weighted by molar-refractivity contribution is 5.84. The maximum atomic E-state index is 13.2. The quantitative estimate of drug-likeness (QED) is 0.501. The first-order chi connectivity index (χ1) is 13.1. The van der Waals surface area contributed by atoms with Crippen molar-refractivity contribution >= 4 is 11.8 Å². The van der Waals surface area contributed by atoms with Gasteiger partial charge in [0.1, 0.15) is 6.04 Å². The van der Waals surface area contributed by atoms with Crippen molar-refractivity contribution in [2.75, 3.05) is 33.2 Å². The fourth-order valence-electron chi connectivity index (χ4n) is 5.52. The summed E-state index contributed by atoms with van der Waals surface area (Å²) in [6.07, 6.45) is 6.90. The van der Waals surface area contributed by atoms with E-state index in [0.29, 0.717) is 31.6 Å². The van der Waals surface area contributed by atoms with Crippen molar-refractivity contribution in [1.29, 1.82) is 0 Å². The number of likely N-dealkylation sites (N-methyl/N-ethyl adjacent to an activating group) is 1. The number of piperidine rings is 1. The Bertz CT molecular complexity index is 558. The van der Waals surface area contributed by atoms with Gasteiger partial charge in [0.2, 0.25) is 11.8 Å². The second-order valence-electron chi connectivity index (χ2n) is 8.76. The van der Waals surface area contributed by atoms with Crippen LogP contribution in [0.2, 0.25) is 0 Å². The van der Waals surface area contributed by atoms with Crippen molar-refractivity contribution < 1.29 is 9.59 Å². The zero-order chi connectivity index (χ0) is 19.0. The largest absolute Gasteiger partial charge is 0.343 e. The second-order valence-corrected chi connectivity index (χ2v) is 8.76. The Kier molecular flexibility index (Phi) is 5.68. The molecular weight excluding hydrogens is 344 g/mol. The summed E-state index contributed by atoms with van der Waals surface area (Å²) in [5.74, 6) is 1.06.